The van der Waals surface area contributed by atoms with Gasteiger partial charge in [0.25, 0.3) is 0 Å². The van der Waals surface area contributed by atoms with Gasteiger partial charge in [-0.25, -0.2) is 0 Å². The predicted molar refractivity (Wildman–Crippen MR) is 118 cm³/mol. The highest BCUT2D eigenvalue weighted by molar-refractivity contribution is 8.15. The molecule has 1 heterocycles. The molecule has 2 aromatic carbocycles. The largest absolute Gasteiger partial charge is 0.497 e. The Bertz CT molecular complexity index is 925. The molecule has 1 amide bonds. The Morgan fingerprint density at radius 3 is 2.59 bits per heavy atom. The van der Waals surface area contributed by atoms with Crippen LogP contribution in [-0.4, -0.2) is 48.2 Å². The summed E-state index contributed by atoms with van der Waals surface area (Å²) in [6.07, 6.45) is 3.92. The third-order valence-electron chi connectivity index (χ3n) is 4.39. The van der Waals surface area contributed by atoms with Gasteiger partial charge in [-0.1, -0.05) is 42.1 Å². The number of carbonyl (C=O) groups excluding carboxylic acids is 1. The zero-order valence-electron chi connectivity index (χ0n) is 16.4. The number of para-hydroxylation sites is 1. The molecular formula is C22H23N3O3S. The number of nitrogens with zero attached hydrogens (tertiary/aromatic N) is 3. The van der Waals surface area contributed by atoms with E-state index in [-0.39, 0.29) is 11.2 Å². The average Bonchev–Trinajstić information content (AvgIpc) is 3.04. The molecule has 150 valence electrons. The number of rotatable bonds is 8. The van der Waals surface area contributed by atoms with Gasteiger partial charge in [0.1, 0.15) is 11.5 Å². The maximum absolute atomic E-state index is 12.8. The van der Waals surface area contributed by atoms with Crippen molar-refractivity contribution >= 4 is 29.1 Å². The minimum absolute atomic E-state index is 0.0111. The fourth-order valence-electron chi connectivity index (χ4n) is 2.90. The van der Waals surface area contributed by atoms with Crippen molar-refractivity contribution in [2.75, 3.05) is 20.8 Å². The normalized spacial score (nSPS) is 17.9. The van der Waals surface area contributed by atoms with Crippen LogP contribution in [0.15, 0.2) is 71.4 Å². The first-order chi connectivity index (χ1) is 14.2. The quantitative estimate of drug-likeness (QED) is 0.378. The smallest absolute Gasteiger partial charge is 0.242 e. The van der Waals surface area contributed by atoms with Gasteiger partial charge < -0.3 is 9.47 Å². The van der Waals surface area contributed by atoms with E-state index in [2.05, 4.69) is 16.8 Å². The molecule has 6 nitrogen and oxygen atoms in total. The van der Waals surface area contributed by atoms with Crippen LogP contribution in [0.4, 0.5) is 0 Å². The third kappa shape index (κ3) is 5.06. The van der Waals surface area contributed by atoms with Crippen LogP contribution in [0.5, 0.6) is 11.5 Å². The van der Waals surface area contributed by atoms with Crippen LogP contribution in [0.1, 0.15) is 11.1 Å². The summed E-state index contributed by atoms with van der Waals surface area (Å²) in [5.74, 6) is 1.52. The zero-order valence-corrected chi connectivity index (χ0v) is 17.3. The summed E-state index contributed by atoms with van der Waals surface area (Å²) in [6.45, 7) is 4.14. The second-order valence-electron chi connectivity index (χ2n) is 6.27. The number of thioether (sulfide) groups is 1. The van der Waals surface area contributed by atoms with Gasteiger partial charge in [0.15, 0.2) is 5.17 Å². The molecule has 0 N–H and O–H groups in total. The van der Waals surface area contributed by atoms with Gasteiger partial charge in [0, 0.05) is 12.1 Å². The molecule has 7 heteroatoms. The van der Waals surface area contributed by atoms with Crippen LogP contribution in [0.2, 0.25) is 0 Å². The minimum atomic E-state index is -0.247. The molecule has 1 aliphatic rings. The summed E-state index contributed by atoms with van der Waals surface area (Å²) in [7, 11) is 3.24. The number of carbonyl (C=O) groups is 1. The van der Waals surface area contributed by atoms with Crippen LogP contribution in [0, 0.1) is 0 Å². The van der Waals surface area contributed by atoms with Crippen LogP contribution in [0.3, 0.4) is 0 Å². The number of methoxy groups -OCH3 is 2. The van der Waals surface area contributed by atoms with E-state index in [0.29, 0.717) is 23.9 Å². The summed E-state index contributed by atoms with van der Waals surface area (Å²) < 4.78 is 10.5. The van der Waals surface area contributed by atoms with Crippen molar-refractivity contribution in [2.45, 2.75) is 11.7 Å². The highest BCUT2D eigenvalue weighted by Gasteiger charge is 2.37. The molecule has 1 aliphatic heterocycles. The first kappa shape index (κ1) is 20.7. The molecule has 0 spiro atoms. The van der Waals surface area contributed by atoms with Crippen molar-refractivity contribution in [3.8, 4) is 11.5 Å². The molecule has 3 rings (SSSR count). The van der Waals surface area contributed by atoms with E-state index in [9.17, 15) is 4.79 Å². The Balaban J connectivity index is 1.76. The summed E-state index contributed by atoms with van der Waals surface area (Å²) >= 11 is 1.42. The molecule has 0 saturated carbocycles. The van der Waals surface area contributed by atoms with Crippen LogP contribution in [-0.2, 0) is 11.2 Å². The van der Waals surface area contributed by atoms with Crippen molar-refractivity contribution in [3.05, 3.63) is 72.3 Å². The maximum Gasteiger partial charge on any atom is 0.242 e. The Kier molecular flexibility index (Phi) is 7.08. The summed E-state index contributed by atoms with van der Waals surface area (Å²) in [5, 5.41) is 8.80. The first-order valence-electron chi connectivity index (χ1n) is 9.12. The number of amidine groups is 1. The number of ether oxygens (including phenoxy) is 2. The van der Waals surface area contributed by atoms with Crippen LogP contribution in [0.25, 0.3) is 0 Å². The second kappa shape index (κ2) is 9.93. The van der Waals surface area contributed by atoms with E-state index in [1.165, 1.54) is 11.8 Å². The number of benzene rings is 2. The number of hydrogen-bond acceptors (Lipinski definition) is 6. The lowest BCUT2D eigenvalue weighted by Gasteiger charge is -2.13. The molecule has 0 radical (unpaired) electrons. The molecule has 0 aromatic heterocycles. The standard InChI is InChI=1S/C22H23N3O3S/c1-4-13-25-21(26)20(14-16-9-11-18(27-2)12-10-16)29-22(25)24-23-15-17-7-5-6-8-19(17)28-3/h4-12,15,20H,1,13-14H2,2-3H3/b23-15+,24-22+/t20-/m1/s1. The van der Waals surface area contributed by atoms with E-state index in [1.54, 1.807) is 31.4 Å². The summed E-state index contributed by atoms with van der Waals surface area (Å²) in [5.41, 5.74) is 1.88. The molecule has 1 fully saturated rings. The maximum atomic E-state index is 12.8. The Labute approximate surface area is 174 Å². The molecular weight excluding hydrogens is 386 g/mol. The topological polar surface area (TPSA) is 63.5 Å². The molecule has 1 saturated heterocycles. The van der Waals surface area contributed by atoms with Crippen molar-refractivity contribution in [1.29, 1.82) is 0 Å². The van der Waals surface area contributed by atoms with E-state index < -0.39 is 0 Å². The lowest BCUT2D eigenvalue weighted by molar-refractivity contribution is -0.125. The molecule has 0 bridgehead atoms. The van der Waals surface area contributed by atoms with Gasteiger partial charge in [-0.2, -0.15) is 5.10 Å². The fraction of sp³-hybridized carbons (Fsp3) is 0.227. The van der Waals surface area contributed by atoms with E-state index in [4.69, 9.17) is 9.47 Å². The lowest BCUT2D eigenvalue weighted by Crippen LogP contribution is -2.32. The van der Waals surface area contributed by atoms with Crippen LogP contribution < -0.4 is 9.47 Å². The van der Waals surface area contributed by atoms with E-state index in [1.807, 2.05) is 48.5 Å². The highest BCUT2D eigenvalue weighted by Crippen LogP contribution is 2.30. The van der Waals surface area contributed by atoms with Crippen molar-refractivity contribution in [1.82, 2.24) is 4.90 Å². The van der Waals surface area contributed by atoms with Gasteiger partial charge in [0.05, 0.1) is 25.7 Å². The van der Waals surface area contributed by atoms with Crippen molar-refractivity contribution in [3.63, 3.8) is 0 Å². The van der Waals surface area contributed by atoms with E-state index >= 15 is 0 Å². The van der Waals surface area contributed by atoms with Gasteiger partial charge in [-0.3, -0.25) is 9.69 Å². The monoisotopic (exact) mass is 409 g/mol. The summed E-state index contributed by atoms with van der Waals surface area (Å²) in [6, 6.07) is 15.3. The summed E-state index contributed by atoms with van der Waals surface area (Å²) in [4.78, 5) is 14.5. The third-order valence-corrected chi connectivity index (χ3v) is 5.56. The SMILES string of the molecule is C=CCN1C(=O)[C@@H](Cc2ccc(OC)cc2)S/C1=N/N=C/c1ccccc1OC. The van der Waals surface area contributed by atoms with Crippen LogP contribution >= 0.6 is 11.8 Å². The number of amides is 1. The molecule has 29 heavy (non-hydrogen) atoms. The zero-order chi connectivity index (χ0) is 20.6. The van der Waals surface area contributed by atoms with Gasteiger partial charge in [-0.05, 0) is 36.2 Å². The fourth-order valence-corrected chi connectivity index (χ4v) is 4.05. The Morgan fingerprint density at radius 1 is 1.14 bits per heavy atom. The molecule has 1 atom stereocenters. The molecule has 0 unspecified atom stereocenters. The van der Waals surface area contributed by atoms with Gasteiger partial charge >= 0.3 is 0 Å². The highest BCUT2D eigenvalue weighted by atomic mass is 32.2. The average molecular weight is 410 g/mol. The lowest BCUT2D eigenvalue weighted by atomic mass is 10.1. The van der Waals surface area contributed by atoms with Gasteiger partial charge in [0.2, 0.25) is 5.91 Å². The predicted octanol–water partition coefficient (Wildman–Crippen LogP) is 3.77. The van der Waals surface area contributed by atoms with Crippen molar-refractivity contribution < 1.29 is 14.3 Å². The first-order valence-corrected chi connectivity index (χ1v) is 10.00. The van der Waals surface area contributed by atoms with E-state index in [0.717, 1.165) is 16.9 Å². The Hall–Kier alpha value is -3.06. The molecule has 2 aromatic rings. The molecule has 0 aliphatic carbocycles. The van der Waals surface area contributed by atoms with Gasteiger partial charge in [-0.15, -0.1) is 11.7 Å². The van der Waals surface area contributed by atoms with Crippen molar-refractivity contribution in [2.24, 2.45) is 10.2 Å². The Morgan fingerprint density at radius 2 is 1.90 bits per heavy atom. The second-order valence-corrected chi connectivity index (χ2v) is 7.44. The minimum Gasteiger partial charge on any atom is -0.497 e. The number of hydrogen-bond donors (Lipinski definition) is 0.